The maximum atomic E-state index is 9.24. The van der Waals surface area contributed by atoms with E-state index in [1.54, 1.807) is 0 Å². The second kappa shape index (κ2) is 7.10. The Hall–Kier alpha value is -1.60. The van der Waals surface area contributed by atoms with Crippen molar-refractivity contribution in [2.75, 3.05) is 38.6 Å². The van der Waals surface area contributed by atoms with Gasteiger partial charge in [0.25, 0.3) is 0 Å². The van der Waals surface area contributed by atoms with Gasteiger partial charge in [-0.2, -0.15) is 5.26 Å². The molecule has 0 saturated heterocycles. The van der Waals surface area contributed by atoms with Crippen molar-refractivity contribution < 1.29 is 0 Å². The lowest BCUT2D eigenvalue weighted by Gasteiger charge is -2.28. The Morgan fingerprint density at radius 2 is 1.95 bits per heavy atom. The zero-order valence-corrected chi connectivity index (χ0v) is 12.6. The van der Waals surface area contributed by atoms with E-state index in [1.807, 2.05) is 19.1 Å². The van der Waals surface area contributed by atoms with Gasteiger partial charge >= 0.3 is 0 Å². The highest BCUT2D eigenvalue weighted by atomic mass is 15.2. The first-order chi connectivity index (χ1) is 8.93. The molecule has 0 spiro atoms. The van der Waals surface area contributed by atoms with Crippen molar-refractivity contribution >= 4 is 5.82 Å². The molecule has 0 saturated carbocycles. The maximum Gasteiger partial charge on any atom is 0.146 e. The largest absolute Gasteiger partial charge is 0.354 e. The second-order valence-corrected chi connectivity index (χ2v) is 5.58. The third-order valence-corrected chi connectivity index (χ3v) is 2.84. The molecule has 1 aromatic rings. The molecule has 0 aliphatic rings. The molecule has 104 valence electrons. The van der Waals surface area contributed by atoms with Crippen molar-refractivity contribution in [2.24, 2.45) is 5.92 Å². The predicted octanol–water partition coefficient (Wildman–Crippen LogP) is 2.29. The van der Waals surface area contributed by atoms with Gasteiger partial charge in [-0.15, -0.1) is 0 Å². The predicted molar refractivity (Wildman–Crippen MR) is 79.3 cm³/mol. The van der Waals surface area contributed by atoms with Crippen molar-refractivity contribution in [1.29, 1.82) is 5.26 Å². The first-order valence-corrected chi connectivity index (χ1v) is 6.71. The Morgan fingerprint density at radius 1 is 1.26 bits per heavy atom. The highest BCUT2D eigenvalue weighted by Gasteiger charge is 2.14. The summed E-state index contributed by atoms with van der Waals surface area (Å²) >= 11 is 0. The Labute approximate surface area is 116 Å². The van der Waals surface area contributed by atoms with Crippen LogP contribution in [0.2, 0.25) is 0 Å². The maximum absolute atomic E-state index is 9.24. The molecular weight excluding hydrogens is 236 g/mol. The van der Waals surface area contributed by atoms with E-state index in [9.17, 15) is 5.26 Å². The monoisotopic (exact) mass is 260 g/mol. The minimum Gasteiger partial charge on any atom is -0.354 e. The SMILES string of the molecule is Cc1ccc(C#N)c(N(CCN(C)C)CC(C)C)n1. The normalized spacial score (nSPS) is 10.8. The van der Waals surface area contributed by atoms with Crippen LogP contribution < -0.4 is 4.90 Å². The standard InChI is InChI=1S/C15H24N4/c1-12(2)11-19(9-8-18(4)5)15-14(10-16)7-6-13(3)17-15/h6-7,12H,8-9,11H2,1-5H3. The van der Waals surface area contributed by atoms with E-state index in [0.29, 0.717) is 11.5 Å². The number of likely N-dealkylation sites (N-methyl/N-ethyl adjacent to an activating group) is 1. The molecule has 4 nitrogen and oxygen atoms in total. The van der Waals surface area contributed by atoms with Crippen molar-refractivity contribution in [2.45, 2.75) is 20.8 Å². The van der Waals surface area contributed by atoms with Gasteiger partial charge < -0.3 is 9.80 Å². The van der Waals surface area contributed by atoms with Crippen molar-refractivity contribution in [3.63, 3.8) is 0 Å². The molecule has 0 fully saturated rings. The van der Waals surface area contributed by atoms with Crippen LogP contribution in [0.3, 0.4) is 0 Å². The van der Waals surface area contributed by atoms with Crippen LogP contribution in [0.1, 0.15) is 25.1 Å². The van der Waals surface area contributed by atoms with Crippen LogP contribution in [0.25, 0.3) is 0 Å². The smallest absolute Gasteiger partial charge is 0.146 e. The molecule has 0 amide bonds. The lowest BCUT2D eigenvalue weighted by Crippen LogP contribution is -2.35. The molecule has 1 aromatic heterocycles. The number of hydrogen-bond donors (Lipinski definition) is 0. The number of hydrogen-bond acceptors (Lipinski definition) is 4. The van der Waals surface area contributed by atoms with Gasteiger partial charge in [0.1, 0.15) is 11.9 Å². The fourth-order valence-corrected chi connectivity index (χ4v) is 1.92. The van der Waals surface area contributed by atoms with Gasteiger partial charge in [0, 0.05) is 25.3 Å². The number of aryl methyl sites for hydroxylation is 1. The highest BCUT2D eigenvalue weighted by molar-refractivity contribution is 5.54. The molecule has 0 atom stereocenters. The number of pyridine rings is 1. The summed E-state index contributed by atoms with van der Waals surface area (Å²) < 4.78 is 0. The molecule has 0 bridgehead atoms. The molecule has 1 rings (SSSR count). The van der Waals surface area contributed by atoms with Crippen LogP contribution in [-0.4, -0.2) is 43.6 Å². The minimum absolute atomic E-state index is 0.538. The number of rotatable bonds is 6. The first-order valence-electron chi connectivity index (χ1n) is 6.71. The third kappa shape index (κ3) is 4.88. The Balaban J connectivity index is 3.02. The molecule has 0 aliphatic carbocycles. The van der Waals surface area contributed by atoms with E-state index in [0.717, 1.165) is 31.1 Å². The fourth-order valence-electron chi connectivity index (χ4n) is 1.92. The van der Waals surface area contributed by atoms with Gasteiger partial charge in [-0.05, 0) is 39.1 Å². The van der Waals surface area contributed by atoms with E-state index in [-0.39, 0.29) is 0 Å². The van der Waals surface area contributed by atoms with Crippen LogP contribution in [0.5, 0.6) is 0 Å². The van der Waals surface area contributed by atoms with Gasteiger partial charge in [-0.3, -0.25) is 0 Å². The Kier molecular flexibility index (Phi) is 5.78. The molecule has 0 unspecified atom stereocenters. The van der Waals surface area contributed by atoms with E-state index in [4.69, 9.17) is 0 Å². The summed E-state index contributed by atoms with van der Waals surface area (Å²) in [5.41, 5.74) is 1.61. The average Bonchev–Trinajstić information content (AvgIpc) is 2.33. The van der Waals surface area contributed by atoms with Crippen molar-refractivity contribution in [1.82, 2.24) is 9.88 Å². The zero-order valence-electron chi connectivity index (χ0n) is 12.6. The number of nitriles is 1. The van der Waals surface area contributed by atoms with Gasteiger partial charge in [0.2, 0.25) is 0 Å². The molecule has 4 heteroatoms. The van der Waals surface area contributed by atoms with E-state index < -0.39 is 0 Å². The molecule has 1 heterocycles. The van der Waals surface area contributed by atoms with Gasteiger partial charge in [0.05, 0.1) is 5.56 Å². The summed E-state index contributed by atoms with van der Waals surface area (Å²) in [7, 11) is 4.12. The molecule has 0 N–H and O–H groups in total. The molecule has 0 radical (unpaired) electrons. The zero-order chi connectivity index (χ0) is 14.4. The van der Waals surface area contributed by atoms with E-state index in [1.165, 1.54) is 0 Å². The quantitative estimate of drug-likeness (QED) is 0.787. The molecule has 0 aliphatic heterocycles. The Morgan fingerprint density at radius 3 is 2.47 bits per heavy atom. The second-order valence-electron chi connectivity index (χ2n) is 5.58. The summed E-state index contributed by atoms with van der Waals surface area (Å²) in [4.78, 5) is 8.93. The number of nitrogens with zero attached hydrogens (tertiary/aromatic N) is 4. The summed E-state index contributed by atoms with van der Waals surface area (Å²) in [5, 5.41) is 9.24. The van der Waals surface area contributed by atoms with Crippen LogP contribution in [0, 0.1) is 24.2 Å². The minimum atomic E-state index is 0.538. The van der Waals surface area contributed by atoms with E-state index in [2.05, 4.69) is 48.8 Å². The average molecular weight is 260 g/mol. The van der Waals surface area contributed by atoms with Crippen LogP contribution in [0.4, 0.5) is 5.82 Å². The number of aromatic nitrogens is 1. The first kappa shape index (κ1) is 15.5. The van der Waals surface area contributed by atoms with Gasteiger partial charge in [-0.1, -0.05) is 13.8 Å². The van der Waals surface area contributed by atoms with Gasteiger partial charge in [-0.25, -0.2) is 4.98 Å². The van der Waals surface area contributed by atoms with Crippen LogP contribution >= 0.6 is 0 Å². The van der Waals surface area contributed by atoms with Crippen molar-refractivity contribution in [3.05, 3.63) is 23.4 Å². The highest BCUT2D eigenvalue weighted by Crippen LogP contribution is 2.19. The Bertz CT molecular complexity index is 446. The molecular formula is C15H24N4. The summed E-state index contributed by atoms with van der Waals surface area (Å²) in [6.45, 7) is 9.08. The number of anilines is 1. The summed E-state index contributed by atoms with van der Waals surface area (Å²) in [6, 6.07) is 6.00. The fraction of sp³-hybridized carbons (Fsp3) is 0.600. The topological polar surface area (TPSA) is 43.2 Å². The van der Waals surface area contributed by atoms with Crippen LogP contribution in [-0.2, 0) is 0 Å². The van der Waals surface area contributed by atoms with Crippen LogP contribution in [0.15, 0.2) is 12.1 Å². The van der Waals surface area contributed by atoms with E-state index >= 15 is 0 Å². The summed E-state index contributed by atoms with van der Waals surface area (Å²) in [5.74, 6) is 1.36. The summed E-state index contributed by atoms with van der Waals surface area (Å²) in [6.07, 6.45) is 0. The van der Waals surface area contributed by atoms with Gasteiger partial charge in [0.15, 0.2) is 0 Å². The molecule has 0 aromatic carbocycles. The lowest BCUT2D eigenvalue weighted by atomic mass is 10.1. The third-order valence-electron chi connectivity index (χ3n) is 2.84. The van der Waals surface area contributed by atoms with Crippen molar-refractivity contribution in [3.8, 4) is 6.07 Å². The molecule has 19 heavy (non-hydrogen) atoms. The lowest BCUT2D eigenvalue weighted by molar-refractivity contribution is 0.408.